The van der Waals surface area contributed by atoms with Crippen LogP contribution in [0.5, 0.6) is 23.0 Å². The molecule has 6 rings (SSSR count). The van der Waals surface area contributed by atoms with Gasteiger partial charge in [0, 0.05) is 21.3 Å². The second-order valence-electron chi connectivity index (χ2n) is 9.08. The van der Waals surface area contributed by atoms with E-state index >= 15 is 0 Å². The Bertz CT molecular complexity index is 1530. The van der Waals surface area contributed by atoms with E-state index in [4.69, 9.17) is 14.2 Å². The molecule has 2 amide bonds. The third kappa shape index (κ3) is 7.90. The molecule has 41 heavy (non-hydrogen) atoms. The largest absolute Gasteiger partial charge is 0.508 e. The second kappa shape index (κ2) is 13.4. The van der Waals surface area contributed by atoms with Crippen molar-refractivity contribution in [1.29, 1.82) is 0 Å². The van der Waals surface area contributed by atoms with Gasteiger partial charge in [-0.2, -0.15) is 0 Å². The Morgan fingerprint density at radius 1 is 0.707 bits per heavy atom. The van der Waals surface area contributed by atoms with Crippen molar-refractivity contribution >= 4 is 46.7 Å². The number of methoxy groups -OCH3 is 1. The molecule has 210 valence electrons. The van der Waals surface area contributed by atoms with E-state index in [0.717, 1.165) is 49.7 Å². The average Bonchev–Trinajstić information content (AvgIpc) is 3.00. The van der Waals surface area contributed by atoms with Crippen LogP contribution in [0.2, 0.25) is 0 Å². The number of ether oxygens (including phenoxy) is 3. The van der Waals surface area contributed by atoms with E-state index in [-0.39, 0.29) is 30.8 Å². The summed E-state index contributed by atoms with van der Waals surface area (Å²) in [5.41, 5.74) is 3.82. The topological polar surface area (TPSA) is 106 Å². The zero-order chi connectivity index (χ0) is 28.6. The number of amides is 2. The number of carbonyl (C=O) groups excluding carboxylic acids is 2. The first-order valence-corrected chi connectivity index (χ1v) is 14.7. The van der Waals surface area contributed by atoms with Crippen molar-refractivity contribution in [3.63, 3.8) is 0 Å². The lowest BCUT2D eigenvalue weighted by molar-refractivity contribution is -0.119. The van der Waals surface area contributed by atoms with Crippen molar-refractivity contribution in [2.24, 2.45) is 0 Å². The van der Waals surface area contributed by atoms with Gasteiger partial charge in [-0.25, -0.2) is 0 Å². The summed E-state index contributed by atoms with van der Waals surface area (Å²) in [4.78, 5) is 24.6. The molecular formula is C31H28N2O6S2. The molecule has 3 N–H and O–H groups in total. The van der Waals surface area contributed by atoms with E-state index in [1.807, 2.05) is 60.7 Å². The molecule has 2 heterocycles. The van der Waals surface area contributed by atoms with Crippen molar-refractivity contribution in [2.45, 2.75) is 21.3 Å². The number of fused-ring (bicyclic) bond motifs is 2. The van der Waals surface area contributed by atoms with Crippen molar-refractivity contribution < 1.29 is 28.9 Å². The third-order valence-electron chi connectivity index (χ3n) is 6.08. The molecule has 0 bridgehead atoms. The fraction of sp³-hybridized carbons (Fsp3) is 0.161. The number of aromatic hydroxyl groups is 1. The van der Waals surface area contributed by atoms with E-state index in [2.05, 4.69) is 22.8 Å². The van der Waals surface area contributed by atoms with Gasteiger partial charge < -0.3 is 30.0 Å². The summed E-state index contributed by atoms with van der Waals surface area (Å²) in [5.74, 6) is 4.02. The highest BCUT2D eigenvalue weighted by atomic mass is 32.2. The molecular weight excluding hydrogens is 560 g/mol. The van der Waals surface area contributed by atoms with E-state index in [9.17, 15) is 14.7 Å². The number of hydrogen-bond acceptors (Lipinski definition) is 8. The zero-order valence-corrected chi connectivity index (χ0v) is 23.8. The lowest BCUT2D eigenvalue weighted by Crippen LogP contribution is -2.25. The predicted octanol–water partition coefficient (Wildman–Crippen LogP) is 6.33. The Hall–Kier alpha value is -4.28. The average molecular weight is 589 g/mol. The highest BCUT2D eigenvalue weighted by molar-refractivity contribution is 7.98. The normalized spacial score (nSPS) is 13.2. The summed E-state index contributed by atoms with van der Waals surface area (Å²) >= 11 is 3.41. The maximum Gasteiger partial charge on any atom is 0.262 e. The van der Waals surface area contributed by atoms with E-state index < -0.39 is 0 Å². The number of rotatable bonds is 7. The molecule has 8 nitrogen and oxygen atoms in total. The molecule has 2 aliphatic rings. The summed E-state index contributed by atoms with van der Waals surface area (Å²) in [7, 11) is 1.66. The molecule has 10 heteroatoms. The first-order chi connectivity index (χ1) is 19.9. The van der Waals surface area contributed by atoms with Gasteiger partial charge in [-0.05, 0) is 71.8 Å². The van der Waals surface area contributed by atoms with Crippen molar-refractivity contribution in [3.05, 3.63) is 96.1 Å². The number of hydrogen-bond donors (Lipinski definition) is 3. The van der Waals surface area contributed by atoms with Crippen LogP contribution in [0.15, 0.2) is 94.7 Å². The number of thioether (sulfide) groups is 2. The summed E-state index contributed by atoms with van der Waals surface area (Å²) in [5, 5.41) is 14.8. The van der Waals surface area contributed by atoms with Crippen molar-refractivity contribution in [3.8, 4) is 23.0 Å². The molecule has 4 aromatic rings. The fourth-order valence-corrected chi connectivity index (χ4v) is 5.70. The first kappa shape index (κ1) is 28.3. The number of phenols is 1. The van der Waals surface area contributed by atoms with Gasteiger partial charge in [0.1, 0.15) is 23.0 Å². The Morgan fingerprint density at radius 3 is 1.63 bits per heavy atom. The lowest BCUT2D eigenvalue weighted by Gasteiger charge is -2.18. The Balaban J connectivity index is 0.000000165. The number of phenolic OH excluding ortho intramolecular Hbond substituents is 1. The van der Waals surface area contributed by atoms with Crippen LogP contribution >= 0.6 is 23.5 Å². The molecule has 0 atom stereocenters. The zero-order valence-electron chi connectivity index (χ0n) is 22.2. The molecule has 0 aromatic heterocycles. The van der Waals surface area contributed by atoms with E-state index in [1.165, 1.54) is 5.56 Å². The Morgan fingerprint density at radius 2 is 1.17 bits per heavy atom. The number of carbonyl (C=O) groups is 2. The van der Waals surface area contributed by atoms with E-state index in [1.54, 1.807) is 42.8 Å². The molecule has 4 aromatic carbocycles. The standard InChI is InChI=1S/C16H15NO3S.C15H13NO3S/c1-19-12-4-2-11(3-5-12)10-21-13-6-7-14-15(8-13)20-9-16(18)17-14;17-11-3-1-10(2-4-11)9-20-12-5-6-13-14(7-12)19-8-15(18)16-13/h2-8H,9-10H2,1H3,(H,17,18);1-7,17H,8-9H2,(H,16,18). The van der Waals surface area contributed by atoms with Crippen LogP contribution in [-0.2, 0) is 21.1 Å². The van der Waals surface area contributed by atoms with Gasteiger partial charge in [0.05, 0.1) is 18.5 Å². The minimum absolute atomic E-state index is 0.0685. The smallest absolute Gasteiger partial charge is 0.262 e. The number of benzene rings is 4. The van der Waals surface area contributed by atoms with Crippen LogP contribution in [-0.4, -0.2) is 37.2 Å². The number of nitrogens with one attached hydrogen (secondary N) is 2. The van der Waals surface area contributed by atoms with Gasteiger partial charge in [-0.1, -0.05) is 24.3 Å². The molecule has 0 fully saturated rings. The monoisotopic (exact) mass is 588 g/mol. The molecule has 0 aliphatic carbocycles. The molecule has 2 aliphatic heterocycles. The van der Waals surface area contributed by atoms with Gasteiger partial charge in [-0.15, -0.1) is 23.5 Å². The van der Waals surface area contributed by atoms with Gasteiger partial charge >= 0.3 is 0 Å². The van der Waals surface area contributed by atoms with Crippen LogP contribution in [0.3, 0.4) is 0 Å². The van der Waals surface area contributed by atoms with Gasteiger partial charge in [0.2, 0.25) is 0 Å². The Labute approximate surface area is 246 Å². The quantitative estimate of drug-likeness (QED) is 0.215. The van der Waals surface area contributed by atoms with Crippen LogP contribution < -0.4 is 24.8 Å². The van der Waals surface area contributed by atoms with Crippen LogP contribution in [0.4, 0.5) is 11.4 Å². The van der Waals surface area contributed by atoms with Gasteiger partial charge in [-0.3, -0.25) is 9.59 Å². The molecule has 0 spiro atoms. The van der Waals surface area contributed by atoms with Crippen molar-refractivity contribution in [2.75, 3.05) is 31.0 Å². The van der Waals surface area contributed by atoms with Gasteiger partial charge in [0.25, 0.3) is 11.8 Å². The second-order valence-corrected chi connectivity index (χ2v) is 11.2. The highest BCUT2D eigenvalue weighted by Gasteiger charge is 2.17. The number of anilines is 2. The van der Waals surface area contributed by atoms with Crippen LogP contribution in [0, 0.1) is 0 Å². The van der Waals surface area contributed by atoms with Crippen molar-refractivity contribution in [1.82, 2.24) is 0 Å². The minimum Gasteiger partial charge on any atom is -0.508 e. The highest BCUT2D eigenvalue weighted by Crippen LogP contribution is 2.35. The summed E-state index contributed by atoms with van der Waals surface area (Å²) < 4.78 is 15.9. The SMILES string of the molecule is COc1ccc(CSc2ccc3c(c2)OCC(=O)N3)cc1.O=C1COc2cc(SCc3ccc(O)cc3)ccc2N1. The van der Waals surface area contributed by atoms with E-state index in [0.29, 0.717) is 5.75 Å². The first-order valence-electron chi connectivity index (χ1n) is 12.7. The van der Waals surface area contributed by atoms with Gasteiger partial charge in [0.15, 0.2) is 13.2 Å². The summed E-state index contributed by atoms with van der Waals surface area (Å²) in [6.45, 7) is 0.151. The maximum atomic E-state index is 11.2. The molecule has 0 saturated carbocycles. The fourth-order valence-electron chi connectivity index (χ4n) is 3.94. The Kier molecular flexibility index (Phi) is 9.22. The third-order valence-corrected chi connectivity index (χ3v) is 8.21. The summed E-state index contributed by atoms with van der Waals surface area (Å²) in [6.07, 6.45) is 0. The summed E-state index contributed by atoms with van der Waals surface area (Å²) in [6, 6.07) is 26.8. The molecule has 0 radical (unpaired) electrons. The minimum atomic E-state index is -0.123. The molecule has 0 unspecified atom stereocenters. The maximum absolute atomic E-state index is 11.2. The molecule has 0 saturated heterocycles. The lowest BCUT2D eigenvalue weighted by atomic mass is 10.2. The van der Waals surface area contributed by atoms with Crippen LogP contribution in [0.1, 0.15) is 11.1 Å². The predicted molar refractivity (Wildman–Crippen MR) is 161 cm³/mol. The van der Waals surface area contributed by atoms with Crippen LogP contribution in [0.25, 0.3) is 0 Å².